The van der Waals surface area contributed by atoms with Gasteiger partial charge in [-0.2, -0.15) is 0 Å². The third-order valence-electron chi connectivity index (χ3n) is 4.03. The lowest BCUT2D eigenvalue weighted by Crippen LogP contribution is -2.36. The molecule has 1 aliphatic heterocycles. The molecule has 3 nitrogen and oxygen atoms in total. The number of benzene rings is 1. The molecule has 2 rings (SSSR count). The minimum Gasteiger partial charge on any atom is -0.330 e. The highest BCUT2D eigenvalue weighted by atomic mass is 19.1. The summed E-state index contributed by atoms with van der Waals surface area (Å²) in [6.07, 6.45) is 2.99. The molecule has 0 saturated heterocycles. The quantitative estimate of drug-likeness (QED) is 0.900. The second-order valence-electron chi connectivity index (χ2n) is 6.29. The van der Waals surface area contributed by atoms with Crippen molar-refractivity contribution in [1.82, 2.24) is 0 Å². The Balaban J connectivity index is 2.06. The van der Waals surface area contributed by atoms with Crippen molar-refractivity contribution in [2.24, 2.45) is 11.1 Å². The van der Waals surface area contributed by atoms with E-state index >= 15 is 0 Å². The predicted molar refractivity (Wildman–Crippen MR) is 79.1 cm³/mol. The van der Waals surface area contributed by atoms with E-state index in [4.69, 9.17) is 5.73 Å². The molecule has 4 heteroatoms. The van der Waals surface area contributed by atoms with E-state index in [1.165, 1.54) is 6.07 Å². The minimum atomic E-state index is -0.234. The maximum atomic E-state index is 13.3. The Labute approximate surface area is 120 Å². The molecule has 0 spiro atoms. The number of carbonyl (C=O) groups excluding carboxylic acids is 1. The molecule has 0 aliphatic carbocycles. The van der Waals surface area contributed by atoms with Crippen LogP contribution in [-0.4, -0.2) is 19.0 Å². The van der Waals surface area contributed by atoms with Gasteiger partial charge in [0.05, 0.1) is 0 Å². The smallest absolute Gasteiger partial charge is 0.227 e. The topological polar surface area (TPSA) is 46.3 Å². The van der Waals surface area contributed by atoms with E-state index in [1.54, 1.807) is 17.0 Å². The van der Waals surface area contributed by atoms with Crippen LogP contribution in [-0.2, 0) is 11.2 Å². The van der Waals surface area contributed by atoms with E-state index in [0.717, 1.165) is 24.1 Å². The fourth-order valence-corrected chi connectivity index (χ4v) is 2.59. The molecule has 0 fully saturated rings. The van der Waals surface area contributed by atoms with Gasteiger partial charge in [0, 0.05) is 18.7 Å². The van der Waals surface area contributed by atoms with E-state index in [9.17, 15) is 9.18 Å². The standard InChI is InChI=1S/C16H23FN2O/c1-16(2,11-18)8-3-9-19-14-6-5-13(17)10-12(14)4-7-15(19)20/h5-6,10H,3-4,7-9,11,18H2,1-2H3. The van der Waals surface area contributed by atoms with Crippen molar-refractivity contribution in [3.8, 4) is 0 Å². The second kappa shape index (κ2) is 5.92. The highest BCUT2D eigenvalue weighted by Crippen LogP contribution is 2.29. The number of halogens is 1. The molecule has 1 amide bonds. The summed E-state index contributed by atoms with van der Waals surface area (Å²) in [4.78, 5) is 13.9. The minimum absolute atomic E-state index is 0.102. The lowest BCUT2D eigenvalue weighted by atomic mass is 9.88. The largest absolute Gasteiger partial charge is 0.330 e. The van der Waals surface area contributed by atoms with Crippen LogP contribution < -0.4 is 10.6 Å². The maximum Gasteiger partial charge on any atom is 0.227 e. The average Bonchev–Trinajstić information content (AvgIpc) is 2.41. The Kier molecular flexibility index (Phi) is 4.43. The zero-order valence-electron chi connectivity index (χ0n) is 12.3. The van der Waals surface area contributed by atoms with Gasteiger partial charge in [-0.15, -0.1) is 0 Å². The van der Waals surface area contributed by atoms with Gasteiger partial charge in [-0.3, -0.25) is 4.79 Å². The number of hydrogen-bond donors (Lipinski definition) is 1. The number of amides is 1. The van der Waals surface area contributed by atoms with Gasteiger partial charge in [-0.05, 0) is 55.0 Å². The lowest BCUT2D eigenvalue weighted by molar-refractivity contribution is -0.118. The summed E-state index contributed by atoms with van der Waals surface area (Å²) in [6, 6.07) is 4.68. The first-order valence-corrected chi connectivity index (χ1v) is 7.22. The average molecular weight is 278 g/mol. The van der Waals surface area contributed by atoms with Crippen molar-refractivity contribution in [3.63, 3.8) is 0 Å². The molecule has 0 aromatic heterocycles. The van der Waals surface area contributed by atoms with Crippen LogP contribution in [0.3, 0.4) is 0 Å². The van der Waals surface area contributed by atoms with Gasteiger partial charge in [-0.25, -0.2) is 4.39 Å². The Morgan fingerprint density at radius 3 is 2.80 bits per heavy atom. The predicted octanol–water partition coefficient (Wildman–Crippen LogP) is 2.87. The van der Waals surface area contributed by atoms with Crippen molar-refractivity contribution in [2.45, 2.75) is 39.5 Å². The molecule has 0 radical (unpaired) electrons. The number of aryl methyl sites for hydroxylation is 1. The third kappa shape index (κ3) is 3.37. The van der Waals surface area contributed by atoms with Gasteiger partial charge in [0.1, 0.15) is 5.82 Å². The Morgan fingerprint density at radius 1 is 1.35 bits per heavy atom. The molecular formula is C16H23FN2O. The molecule has 20 heavy (non-hydrogen) atoms. The number of fused-ring (bicyclic) bond motifs is 1. The van der Waals surface area contributed by atoms with Crippen LogP contribution >= 0.6 is 0 Å². The molecule has 1 aliphatic rings. The van der Waals surface area contributed by atoms with E-state index in [2.05, 4.69) is 13.8 Å². The van der Waals surface area contributed by atoms with Gasteiger partial charge in [0.25, 0.3) is 0 Å². The number of hydrogen-bond acceptors (Lipinski definition) is 2. The molecule has 110 valence electrons. The summed E-state index contributed by atoms with van der Waals surface area (Å²) in [5.41, 5.74) is 7.63. The monoisotopic (exact) mass is 278 g/mol. The van der Waals surface area contributed by atoms with Crippen LogP contribution in [0.25, 0.3) is 0 Å². The van der Waals surface area contributed by atoms with Gasteiger partial charge in [-0.1, -0.05) is 13.8 Å². The number of rotatable bonds is 5. The van der Waals surface area contributed by atoms with Crippen LogP contribution in [0.5, 0.6) is 0 Å². The number of anilines is 1. The molecule has 1 aromatic rings. The lowest BCUT2D eigenvalue weighted by Gasteiger charge is -2.31. The first-order valence-electron chi connectivity index (χ1n) is 7.22. The molecule has 1 heterocycles. The molecule has 0 saturated carbocycles. The summed E-state index contributed by atoms with van der Waals surface area (Å²) in [6.45, 7) is 5.59. The van der Waals surface area contributed by atoms with Gasteiger partial charge < -0.3 is 10.6 Å². The zero-order valence-corrected chi connectivity index (χ0v) is 12.3. The van der Waals surface area contributed by atoms with Crippen molar-refractivity contribution in [2.75, 3.05) is 18.0 Å². The maximum absolute atomic E-state index is 13.3. The van der Waals surface area contributed by atoms with Crippen molar-refractivity contribution in [3.05, 3.63) is 29.6 Å². The summed E-state index contributed by atoms with van der Waals surface area (Å²) < 4.78 is 13.3. The number of nitrogens with two attached hydrogens (primary N) is 1. The second-order valence-corrected chi connectivity index (χ2v) is 6.29. The van der Waals surface area contributed by atoms with Gasteiger partial charge in [0.15, 0.2) is 0 Å². The fraction of sp³-hybridized carbons (Fsp3) is 0.562. The molecule has 1 aromatic carbocycles. The highest BCUT2D eigenvalue weighted by Gasteiger charge is 2.25. The molecular weight excluding hydrogens is 255 g/mol. The molecule has 2 N–H and O–H groups in total. The summed E-state index contributed by atoms with van der Waals surface area (Å²) in [7, 11) is 0. The van der Waals surface area contributed by atoms with Crippen LogP contribution in [0.2, 0.25) is 0 Å². The highest BCUT2D eigenvalue weighted by molar-refractivity contribution is 5.96. The van der Waals surface area contributed by atoms with E-state index in [0.29, 0.717) is 25.9 Å². The summed E-state index contributed by atoms with van der Waals surface area (Å²) in [5, 5.41) is 0. The Morgan fingerprint density at radius 2 is 2.10 bits per heavy atom. The third-order valence-corrected chi connectivity index (χ3v) is 4.03. The van der Waals surface area contributed by atoms with E-state index < -0.39 is 0 Å². The van der Waals surface area contributed by atoms with Crippen LogP contribution in [0.15, 0.2) is 18.2 Å². The Hall–Kier alpha value is -1.42. The van der Waals surface area contributed by atoms with Gasteiger partial charge in [0.2, 0.25) is 5.91 Å². The first kappa shape index (κ1) is 15.0. The first-order chi connectivity index (χ1) is 9.43. The summed E-state index contributed by atoms with van der Waals surface area (Å²) in [5.74, 6) is -0.100. The van der Waals surface area contributed by atoms with Crippen LogP contribution in [0.4, 0.5) is 10.1 Å². The van der Waals surface area contributed by atoms with Crippen LogP contribution in [0.1, 0.15) is 38.7 Å². The van der Waals surface area contributed by atoms with Gasteiger partial charge >= 0.3 is 0 Å². The molecule has 0 unspecified atom stereocenters. The normalized spacial score (nSPS) is 15.4. The van der Waals surface area contributed by atoms with Crippen molar-refractivity contribution in [1.29, 1.82) is 0 Å². The van der Waals surface area contributed by atoms with Crippen molar-refractivity contribution < 1.29 is 9.18 Å². The van der Waals surface area contributed by atoms with E-state index in [1.807, 2.05) is 0 Å². The van der Waals surface area contributed by atoms with E-state index in [-0.39, 0.29) is 17.1 Å². The zero-order chi connectivity index (χ0) is 14.8. The van der Waals surface area contributed by atoms with Crippen LogP contribution in [0, 0.1) is 11.2 Å². The number of carbonyl (C=O) groups is 1. The Bertz CT molecular complexity index is 499. The number of nitrogens with zero attached hydrogens (tertiary/aromatic N) is 1. The SMILES string of the molecule is CC(C)(CN)CCCN1C(=O)CCc2cc(F)ccc21. The van der Waals surface area contributed by atoms with Crippen molar-refractivity contribution >= 4 is 11.6 Å². The summed E-state index contributed by atoms with van der Waals surface area (Å²) >= 11 is 0. The molecule has 0 bridgehead atoms. The fourth-order valence-electron chi connectivity index (χ4n) is 2.59. The molecule has 0 atom stereocenters.